The second-order valence-electron chi connectivity index (χ2n) is 13.3. The number of fused-ring (bicyclic) bond motifs is 1. The zero-order chi connectivity index (χ0) is 37.2. The maximum absolute atomic E-state index is 13.9. The molecule has 1 aromatic heterocycles. The molecule has 1 aliphatic heterocycles. The van der Waals surface area contributed by atoms with Gasteiger partial charge in [0.2, 0.25) is 29.5 Å². The number of aliphatic carboxylic acids is 1. The zero-order valence-corrected chi connectivity index (χ0v) is 29.2. The quantitative estimate of drug-likeness (QED) is 0.147. The summed E-state index contributed by atoms with van der Waals surface area (Å²) < 4.78 is 5.32. The molecular weight excluding hydrogens is 658 g/mol. The highest BCUT2D eigenvalue weighted by molar-refractivity contribution is 6.00. The summed E-state index contributed by atoms with van der Waals surface area (Å²) in [5.41, 5.74) is 1.68. The molecule has 4 atom stereocenters. The van der Waals surface area contributed by atoms with E-state index in [0.29, 0.717) is 24.1 Å². The van der Waals surface area contributed by atoms with Crippen molar-refractivity contribution in [1.29, 1.82) is 0 Å². The molecule has 2 aromatic carbocycles. The molecule has 4 rings (SSSR count). The predicted octanol–water partition coefficient (Wildman–Crippen LogP) is 2.66. The predicted molar refractivity (Wildman–Crippen MR) is 189 cm³/mol. The molecule has 0 aliphatic carbocycles. The minimum absolute atomic E-state index is 0.0133. The van der Waals surface area contributed by atoms with Crippen LogP contribution in [0.15, 0.2) is 63.8 Å². The van der Waals surface area contributed by atoms with Gasteiger partial charge in [-0.15, -0.1) is 0 Å². The van der Waals surface area contributed by atoms with E-state index in [0.717, 1.165) is 16.5 Å². The van der Waals surface area contributed by atoms with Crippen molar-refractivity contribution in [2.75, 3.05) is 11.9 Å². The number of nitrogens with zero attached hydrogens (tertiary/aromatic N) is 1. The largest absolute Gasteiger partial charge is 0.481 e. The molecule has 0 bridgehead atoms. The Hall–Kier alpha value is -5.53. The maximum atomic E-state index is 13.9. The lowest BCUT2D eigenvalue weighted by atomic mass is 10.0. The fourth-order valence-corrected chi connectivity index (χ4v) is 6.05. The average molecular weight is 704 g/mol. The van der Waals surface area contributed by atoms with Crippen molar-refractivity contribution in [1.82, 2.24) is 20.9 Å². The number of rotatable bonds is 15. The van der Waals surface area contributed by atoms with Crippen molar-refractivity contribution in [2.24, 2.45) is 5.92 Å². The highest BCUT2D eigenvalue weighted by atomic mass is 16.4. The molecule has 1 aliphatic rings. The van der Waals surface area contributed by atoms with Gasteiger partial charge < -0.3 is 35.7 Å². The zero-order valence-electron chi connectivity index (χ0n) is 29.2. The van der Waals surface area contributed by atoms with Gasteiger partial charge in [0.25, 0.3) is 0 Å². The Morgan fingerprint density at radius 2 is 1.63 bits per heavy atom. The topological polar surface area (TPSA) is 204 Å². The number of carboxylic acids is 1. The van der Waals surface area contributed by atoms with Gasteiger partial charge in [0.1, 0.15) is 29.8 Å². The highest BCUT2D eigenvalue weighted by Gasteiger charge is 2.39. The first-order valence-electron chi connectivity index (χ1n) is 17.0. The van der Waals surface area contributed by atoms with Crippen molar-refractivity contribution < 1.29 is 38.3 Å². The van der Waals surface area contributed by atoms with Gasteiger partial charge in [-0.1, -0.05) is 44.2 Å². The molecule has 1 fully saturated rings. The van der Waals surface area contributed by atoms with Crippen LogP contribution in [0, 0.1) is 12.8 Å². The van der Waals surface area contributed by atoms with Crippen LogP contribution in [0.4, 0.5) is 5.69 Å². The van der Waals surface area contributed by atoms with E-state index in [1.807, 2.05) is 44.2 Å². The van der Waals surface area contributed by atoms with Gasteiger partial charge in [-0.2, -0.15) is 0 Å². The third kappa shape index (κ3) is 10.7. The summed E-state index contributed by atoms with van der Waals surface area (Å²) in [6, 6.07) is 11.5. The third-order valence-corrected chi connectivity index (χ3v) is 8.63. The van der Waals surface area contributed by atoms with Crippen LogP contribution in [0.5, 0.6) is 0 Å². The summed E-state index contributed by atoms with van der Waals surface area (Å²) in [6.45, 7) is 7.25. The number of hydrogen-bond donors (Lipinski definition) is 5. The molecule has 5 N–H and O–H groups in total. The van der Waals surface area contributed by atoms with E-state index in [4.69, 9.17) is 9.52 Å². The Kier molecular flexibility index (Phi) is 13.1. The van der Waals surface area contributed by atoms with Gasteiger partial charge >= 0.3 is 11.6 Å². The summed E-state index contributed by atoms with van der Waals surface area (Å²) in [5, 5.41) is 20.4. The van der Waals surface area contributed by atoms with E-state index in [1.165, 1.54) is 17.9 Å². The SMILES string of the molecule is Cc1cc(=O)oc2cc(NC(=O)[C@H](Cc3ccccc3)NC(=O)[C@@H]3CCCN3C(=O)[C@@H](CC(C)C)NC(=O)[C@H](C)NC(=O)CCC(=O)O)ccc12. The number of carbonyl (C=O) groups excluding carboxylic acids is 5. The van der Waals surface area contributed by atoms with E-state index in [2.05, 4.69) is 21.3 Å². The van der Waals surface area contributed by atoms with Crippen molar-refractivity contribution >= 4 is 52.2 Å². The first-order valence-corrected chi connectivity index (χ1v) is 17.0. The fourth-order valence-electron chi connectivity index (χ4n) is 6.05. The summed E-state index contributed by atoms with van der Waals surface area (Å²) >= 11 is 0. The molecule has 0 radical (unpaired) electrons. The third-order valence-electron chi connectivity index (χ3n) is 8.63. The van der Waals surface area contributed by atoms with E-state index in [1.54, 1.807) is 25.1 Å². The molecule has 14 heteroatoms. The van der Waals surface area contributed by atoms with Crippen molar-refractivity contribution in [2.45, 2.75) is 90.4 Å². The van der Waals surface area contributed by atoms with Crippen molar-refractivity contribution in [3.63, 3.8) is 0 Å². The first kappa shape index (κ1) is 38.3. The van der Waals surface area contributed by atoms with Crippen LogP contribution in [0.25, 0.3) is 11.0 Å². The van der Waals surface area contributed by atoms with E-state index >= 15 is 0 Å². The molecular formula is C37H45N5O9. The standard InChI is InChI=1S/C37H45N5O9/c1-21(2)17-28(41-34(47)23(4)38-31(43)14-15-32(44)45)37(50)42-16-8-11-29(42)36(49)40-27(19-24-9-6-5-7-10-24)35(48)39-25-12-13-26-22(3)18-33(46)51-30(26)20-25/h5-7,9-10,12-13,18,20-21,23,27-29H,8,11,14-17,19H2,1-4H3,(H,38,43)(H,39,48)(H,40,49)(H,41,47)(H,44,45)/t23-,27-,28+,29-/m0/s1. The number of carboxylic acid groups (broad SMARTS) is 1. The van der Waals surface area contributed by atoms with Crippen LogP contribution >= 0.6 is 0 Å². The maximum Gasteiger partial charge on any atom is 0.336 e. The van der Waals surface area contributed by atoms with Crippen LogP contribution in [-0.2, 0) is 35.2 Å². The Bertz CT molecular complexity index is 1820. The molecule has 2 heterocycles. The van der Waals surface area contributed by atoms with Crippen molar-refractivity contribution in [3.05, 3.63) is 76.1 Å². The van der Waals surface area contributed by atoms with Crippen LogP contribution < -0.4 is 26.9 Å². The van der Waals surface area contributed by atoms with Crippen LogP contribution in [-0.4, -0.2) is 76.2 Å². The normalized spacial score (nSPS) is 15.9. The summed E-state index contributed by atoms with van der Waals surface area (Å²) in [6.07, 6.45) is 0.611. The number of amides is 5. The molecule has 0 spiro atoms. The monoisotopic (exact) mass is 703 g/mol. The Morgan fingerprint density at radius 1 is 0.902 bits per heavy atom. The number of benzene rings is 2. The summed E-state index contributed by atoms with van der Waals surface area (Å²) in [4.78, 5) is 90.8. The number of carbonyl (C=O) groups is 6. The van der Waals surface area contributed by atoms with E-state index in [9.17, 15) is 33.6 Å². The second-order valence-corrected chi connectivity index (χ2v) is 13.3. The first-order chi connectivity index (χ1) is 24.2. The van der Waals surface area contributed by atoms with Crippen LogP contribution in [0.2, 0.25) is 0 Å². The molecule has 0 saturated carbocycles. The number of hydrogen-bond acceptors (Lipinski definition) is 8. The van der Waals surface area contributed by atoms with Crippen molar-refractivity contribution in [3.8, 4) is 0 Å². The Labute approximate surface area is 295 Å². The summed E-state index contributed by atoms with van der Waals surface area (Å²) in [7, 11) is 0. The highest BCUT2D eigenvalue weighted by Crippen LogP contribution is 2.23. The minimum Gasteiger partial charge on any atom is -0.481 e. The fraction of sp³-hybridized carbons (Fsp3) is 0.432. The van der Waals surface area contributed by atoms with Gasteiger partial charge in [0, 0.05) is 42.6 Å². The number of anilines is 1. The van der Waals surface area contributed by atoms with Gasteiger partial charge in [-0.05, 0) is 62.3 Å². The Morgan fingerprint density at radius 3 is 2.31 bits per heavy atom. The molecule has 5 amide bonds. The molecule has 0 unspecified atom stereocenters. The summed E-state index contributed by atoms with van der Waals surface area (Å²) in [5.74, 6) is -3.89. The number of likely N-dealkylation sites (tertiary alicyclic amines) is 1. The van der Waals surface area contributed by atoms with Gasteiger partial charge in [-0.3, -0.25) is 28.8 Å². The number of aryl methyl sites for hydroxylation is 1. The lowest BCUT2D eigenvalue weighted by Crippen LogP contribution is -2.57. The van der Waals surface area contributed by atoms with Crippen LogP contribution in [0.3, 0.4) is 0 Å². The van der Waals surface area contributed by atoms with Crippen LogP contribution in [0.1, 0.15) is 64.0 Å². The Balaban J connectivity index is 1.49. The molecule has 1 saturated heterocycles. The minimum atomic E-state index is -1.14. The lowest BCUT2D eigenvalue weighted by Gasteiger charge is -2.31. The van der Waals surface area contributed by atoms with Gasteiger partial charge in [0.05, 0.1) is 6.42 Å². The molecule has 3 aromatic rings. The van der Waals surface area contributed by atoms with E-state index in [-0.39, 0.29) is 38.1 Å². The van der Waals surface area contributed by atoms with Gasteiger partial charge in [0.15, 0.2) is 0 Å². The number of nitrogens with one attached hydrogen (secondary N) is 4. The average Bonchev–Trinajstić information content (AvgIpc) is 3.57. The molecule has 272 valence electrons. The van der Waals surface area contributed by atoms with E-state index < -0.39 is 65.3 Å². The second kappa shape index (κ2) is 17.4. The molecule has 51 heavy (non-hydrogen) atoms. The lowest BCUT2D eigenvalue weighted by molar-refractivity contribution is -0.142. The molecule has 14 nitrogen and oxygen atoms in total. The van der Waals surface area contributed by atoms with Gasteiger partial charge in [-0.25, -0.2) is 4.79 Å². The smallest absolute Gasteiger partial charge is 0.336 e.